The van der Waals surface area contributed by atoms with Crippen LogP contribution < -0.4 is 18.9 Å². The molecule has 0 rings (SSSR count). The van der Waals surface area contributed by atoms with Gasteiger partial charge in [0.2, 0.25) is 0 Å². The van der Waals surface area contributed by atoms with E-state index in [9.17, 15) is 69.5 Å². The predicted octanol–water partition coefficient (Wildman–Crippen LogP) is -0.275. The first-order valence-electron chi connectivity index (χ1n) is 4.43. The van der Waals surface area contributed by atoms with Gasteiger partial charge in [0.1, 0.15) is 0 Å². The predicted molar refractivity (Wildman–Crippen MR) is 47.0 cm³/mol. The normalized spacial score (nSPS) is 15.7. The summed E-state index contributed by atoms with van der Waals surface area (Å²) in [6, 6.07) is 0. The molecular formula is C5HF12LiO5S2. The Bertz CT molecular complexity index is 695. The zero-order valence-corrected chi connectivity index (χ0v) is 12.5. The second-order valence-corrected chi connectivity index (χ2v) is 6.92. The van der Waals surface area contributed by atoms with Crippen molar-refractivity contribution >= 4 is 20.2 Å². The molecule has 20 heteroatoms. The summed E-state index contributed by atoms with van der Waals surface area (Å²) in [5.74, 6) is -15.7. The zero-order valence-electron chi connectivity index (χ0n) is 11.9. The van der Waals surface area contributed by atoms with Crippen LogP contribution in [-0.4, -0.2) is 45.6 Å². The molecule has 0 aliphatic heterocycles. The van der Waals surface area contributed by atoms with Gasteiger partial charge in [-0.2, -0.15) is 69.5 Å². The van der Waals surface area contributed by atoms with E-state index in [-0.39, 0.29) is 20.3 Å². The minimum Gasteiger partial charge on any atom is -1.00 e. The van der Waals surface area contributed by atoms with Crippen molar-refractivity contribution in [1.82, 2.24) is 0 Å². The van der Waals surface area contributed by atoms with Gasteiger partial charge >= 0.3 is 67.9 Å². The molecule has 0 spiro atoms. The van der Waals surface area contributed by atoms with Gasteiger partial charge in [-0.3, -0.25) is 0 Å². The SMILES string of the molecule is O=S(=O)(OS(=O)(=O)C(F)(F)C(F)(F)C(F)(F)C(F)(F)F)C(F)(F)F.[H-].[Li+]. The van der Waals surface area contributed by atoms with E-state index < -0.39 is 49.0 Å². The molecule has 0 heterocycles. The van der Waals surface area contributed by atoms with Gasteiger partial charge in [0, 0.05) is 0 Å². The number of halogens is 12. The Labute approximate surface area is 143 Å². The zero-order chi connectivity index (χ0) is 20.2. The average molecular weight is 440 g/mol. The van der Waals surface area contributed by atoms with E-state index in [1.807, 2.05) is 0 Å². The Morgan fingerprint density at radius 2 is 0.920 bits per heavy atom. The van der Waals surface area contributed by atoms with Crippen LogP contribution in [0.1, 0.15) is 1.43 Å². The van der Waals surface area contributed by atoms with Crippen LogP contribution in [0, 0.1) is 0 Å². The van der Waals surface area contributed by atoms with E-state index in [1.165, 1.54) is 0 Å². The van der Waals surface area contributed by atoms with Crippen LogP contribution in [0.2, 0.25) is 0 Å². The topological polar surface area (TPSA) is 77.5 Å². The Kier molecular flexibility index (Phi) is 7.14. The van der Waals surface area contributed by atoms with Crippen LogP contribution in [0.4, 0.5) is 52.7 Å². The summed E-state index contributed by atoms with van der Waals surface area (Å²) in [7, 11) is -15.8. The third-order valence-electron chi connectivity index (χ3n) is 1.89. The van der Waals surface area contributed by atoms with Crippen LogP contribution in [0.5, 0.6) is 0 Å². The minimum atomic E-state index is -8.17. The van der Waals surface area contributed by atoms with Crippen molar-refractivity contribution in [1.29, 1.82) is 0 Å². The molecule has 0 aliphatic rings. The molecule has 5 nitrogen and oxygen atoms in total. The van der Waals surface area contributed by atoms with Gasteiger partial charge in [-0.1, -0.05) is 0 Å². The minimum absolute atomic E-state index is 0. The molecule has 0 bridgehead atoms. The number of hydrogen-bond donors (Lipinski definition) is 0. The first kappa shape index (κ1) is 26.8. The fraction of sp³-hybridized carbons (Fsp3) is 1.00. The molecule has 0 unspecified atom stereocenters. The number of hydrogen-bond acceptors (Lipinski definition) is 5. The monoisotopic (exact) mass is 440 g/mol. The third kappa shape index (κ3) is 4.31. The maximum absolute atomic E-state index is 12.8. The summed E-state index contributed by atoms with van der Waals surface area (Å²) in [5, 5.41) is -7.72. The van der Waals surface area contributed by atoms with Crippen molar-refractivity contribution in [2.75, 3.05) is 0 Å². The van der Waals surface area contributed by atoms with E-state index in [1.54, 1.807) is 3.63 Å². The summed E-state index contributed by atoms with van der Waals surface area (Å²) in [6.45, 7) is 0. The van der Waals surface area contributed by atoms with Gasteiger partial charge < -0.3 is 1.43 Å². The second-order valence-electron chi connectivity index (χ2n) is 3.59. The van der Waals surface area contributed by atoms with Crippen LogP contribution >= 0.6 is 0 Å². The third-order valence-corrected chi connectivity index (χ3v) is 4.78. The van der Waals surface area contributed by atoms with Gasteiger partial charge in [0.15, 0.2) is 0 Å². The van der Waals surface area contributed by atoms with E-state index in [4.69, 9.17) is 0 Å². The molecule has 0 N–H and O–H groups in total. The number of rotatable bonds is 5. The largest absolute Gasteiger partial charge is 1.00 e. The second kappa shape index (κ2) is 6.65. The average Bonchev–Trinajstić information content (AvgIpc) is 2.23. The van der Waals surface area contributed by atoms with Crippen molar-refractivity contribution in [3.05, 3.63) is 0 Å². The Hall–Kier alpha value is -0.383. The van der Waals surface area contributed by atoms with Crippen LogP contribution in [-0.2, 0) is 23.9 Å². The maximum Gasteiger partial charge on any atom is 1.00 e. The molecule has 25 heavy (non-hydrogen) atoms. The first-order chi connectivity index (χ1) is 9.96. The summed E-state index contributed by atoms with van der Waals surface area (Å²) >= 11 is 0. The maximum atomic E-state index is 12.8. The molecule has 148 valence electrons. The Morgan fingerprint density at radius 1 is 0.600 bits per heavy atom. The van der Waals surface area contributed by atoms with Crippen LogP contribution in [0.3, 0.4) is 0 Å². The quantitative estimate of drug-likeness (QED) is 0.334. The van der Waals surface area contributed by atoms with Crippen molar-refractivity contribution < 1.29 is 93.4 Å². The molecule has 0 aromatic heterocycles. The summed E-state index contributed by atoms with van der Waals surface area (Å²) in [6.07, 6.45) is -7.49. The van der Waals surface area contributed by atoms with Gasteiger partial charge in [-0.25, -0.2) is 0 Å². The molecule has 0 atom stereocenters. The molecule has 0 saturated carbocycles. The van der Waals surface area contributed by atoms with Crippen LogP contribution in [0.15, 0.2) is 0 Å². The number of alkyl halides is 12. The van der Waals surface area contributed by atoms with Gasteiger partial charge in [0.05, 0.1) is 0 Å². The molecule has 0 aromatic carbocycles. The fourth-order valence-electron chi connectivity index (χ4n) is 0.717. The van der Waals surface area contributed by atoms with E-state index in [2.05, 4.69) is 0 Å². The molecule has 0 amide bonds. The first-order valence-corrected chi connectivity index (χ1v) is 7.24. The van der Waals surface area contributed by atoms with E-state index in [0.717, 1.165) is 0 Å². The Balaban J connectivity index is -0.00000264. The van der Waals surface area contributed by atoms with Gasteiger partial charge in [0.25, 0.3) is 0 Å². The smallest absolute Gasteiger partial charge is 1.00 e. The Morgan fingerprint density at radius 3 is 1.16 bits per heavy atom. The van der Waals surface area contributed by atoms with E-state index in [0.29, 0.717) is 0 Å². The molecule has 0 radical (unpaired) electrons. The molecular weight excluding hydrogens is 439 g/mol. The van der Waals surface area contributed by atoms with E-state index >= 15 is 0 Å². The van der Waals surface area contributed by atoms with Gasteiger partial charge in [-0.15, -0.1) is 3.63 Å². The molecule has 0 aromatic rings. The van der Waals surface area contributed by atoms with Crippen molar-refractivity contribution in [2.24, 2.45) is 0 Å². The standard InChI is InChI=1S/C5F12O5S2.Li.H/c6-1(7,3(10,11)12)2(8,9)4(13,14)23(18,19)22-24(20,21)5(15,16)17;;/q;+1;-1. The summed E-state index contributed by atoms with van der Waals surface area (Å²) in [5.41, 5.74) is -6.81. The molecule has 0 fully saturated rings. The summed E-state index contributed by atoms with van der Waals surface area (Å²) < 4.78 is 189. The van der Waals surface area contributed by atoms with Crippen LogP contribution in [0.25, 0.3) is 0 Å². The van der Waals surface area contributed by atoms with Crippen molar-refractivity contribution in [2.45, 2.75) is 28.8 Å². The summed E-state index contributed by atoms with van der Waals surface area (Å²) in [4.78, 5) is 0. The molecule has 0 aliphatic carbocycles. The molecule has 0 saturated heterocycles. The van der Waals surface area contributed by atoms with Crippen molar-refractivity contribution in [3.8, 4) is 0 Å². The van der Waals surface area contributed by atoms with Crippen molar-refractivity contribution in [3.63, 3.8) is 0 Å². The van der Waals surface area contributed by atoms with Gasteiger partial charge in [-0.05, 0) is 0 Å². The fourth-order valence-corrected chi connectivity index (χ4v) is 2.75.